The second-order valence-electron chi connectivity index (χ2n) is 8.60. The van der Waals surface area contributed by atoms with Crippen LogP contribution in [0.5, 0.6) is 0 Å². The summed E-state index contributed by atoms with van der Waals surface area (Å²) in [7, 11) is 0. The summed E-state index contributed by atoms with van der Waals surface area (Å²) in [6.45, 7) is 1.85. The Bertz CT molecular complexity index is 1010. The van der Waals surface area contributed by atoms with Gasteiger partial charge in [-0.15, -0.1) is 0 Å². The number of aromatic nitrogens is 1. The molecule has 2 N–H and O–H groups in total. The summed E-state index contributed by atoms with van der Waals surface area (Å²) in [4.78, 5) is 28.6. The van der Waals surface area contributed by atoms with Gasteiger partial charge in [0.15, 0.2) is 0 Å². The number of nitrogens with zero attached hydrogens (tertiary/aromatic N) is 2. The van der Waals surface area contributed by atoms with Crippen LogP contribution in [0.25, 0.3) is 11.1 Å². The number of piperidine rings is 1. The molecule has 1 amide bonds. The second kappa shape index (κ2) is 7.63. The van der Waals surface area contributed by atoms with Crippen LogP contribution >= 0.6 is 0 Å². The predicted molar refractivity (Wildman–Crippen MR) is 110 cm³/mol. The summed E-state index contributed by atoms with van der Waals surface area (Å²) in [6, 6.07) is 9.14. The average molecular weight is 411 g/mol. The standard InChI is InChI=1S/C23H26FN3O3/c24-15-6-4-14(5-7-15)16-8-9-19-21-20(23(30)26-10-2-1-3-11-26)17(13-28)18(25-21)12-27(19)22(16)29/h4-9,17-18,20-21,25,28H,1-3,10-13H2/t17-,18-,20+,21+/m1/s1. The van der Waals surface area contributed by atoms with E-state index in [4.69, 9.17) is 0 Å². The van der Waals surface area contributed by atoms with Crippen LogP contribution in [-0.4, -0.2) is 46.2 Å². The van der Waals surface area contributed by atoms with Crippen LogP contribution in [0.3, 0.4) is 0 Å². The zero-order chi connectivity index (χ0) is 20.8. The molecule has 158 valence electrons. The number of amides is 1. The van der Waals surface area contributed by atoms with Crippen LogP contribution in [0, 0.1) is 17.7 Å². The van der Waals surface area contributed by atoms with Gasteiger partial charge in [0.25, 0.3) is 5.56 Å². The Morgan fingerprint density at radius 1 is 1.10 bits per heavy atom. The summed E-state index contributed by atoms with van der Waals surface area (Å²) in [5.74, 6) is -0.859. The molecule has 2 fully saturated rings. The highest BCUT2D eigenvalue weighted by atomic mass is 19.1. The Hall–Kier alpha value is -2.51. The maximum absolute atomic E-state index is 13.4. The molecular formula is C23H26FN3O3. The van der Waals surface area contributed by atoms with E-state index in [1.807, 2.05) is 11.0 Å². The maximum atomic E-state index is 13.4. The van der Waals surface area contributed by atoms with Gasteiger partial charge < -0.3 is 19.9 Å². The molecule has 4 atom stereocenters. The van der Waals surface area contributed by atoms with E-state index in [-0.39, 0.29) is 47.8 Å². The highest BCUT2D eigenvalue weighted by Gasteiger charge is 2.51. The summed E-state index contributed by atoms with van der Waals surface area (Å²) < 4.78 is 15.0. The number of hydrogen-bond acceptors (Lipinski definition) is 4. The lowest BCUT2D eigenvalue weighted by atomic mass is 9.85. The number of aliphatic hydroxyl groups excluding tert-OH is 1. The molecule has 3 aliphatic rings. The van der Waals surface area contributed by atoms with E-state index in [1.54, 1.807) is 22.8 Å². The molecule has 0 saturated carbocycles. The normalized spacial score (nSPS) is 27.7. The van der Waals surface area contributed by atoms with Crippen molar-refractivity contribution in [3.05, 3.63) is 58.3 Å². The molecule has 0 unspecified atom stereocenters. The molecule has 0 spiro atoms. The Kier molecular flexibility index (Phi) is 4.95. The fourth-order valence-corrected chi connectivity index (χ4v) is 5.40. The lowest BCUT2D eigenvalue weighted by Gasteiger charge is -2.33. The van der Waals surface area contributed by atoms with Gasteiger partial charge in [-0.2, -0.15) is 0 Å². The van der Waals surface area contributed by atoms with Crippen molar-refractivity contribution < 1.29 is 14.3 Å². The van der Waals surface area contributed by atoms with Crippen LogP contribution in [0.1, 0.15) is 31.0 Å². The van der Waals surface area contributed by atoms with Crippen molar-refractivity contribution in [2.24, 2.45) is 11.8 Å². The highest BCUT2D eigenvalue weighted by Crippen LogP contribution is 2.42. The van der Waals surface area contributed by atoms with Crippen molar-refractivity contribution in [2.45, 2.75) is 37.9 Å². The number of aliphatic hydroxyl groups is 1. The molecule has 2 aromatic rings. The third-order valence-corrected chi connectivity index (χ3v) is 6.96. The van der Waals surface area contributed by atoms with Gasteiger partial charge in [-0.25, -0.2) is 4.39 Å². The number of benzene rings is 1. The third-order valence-electron chi connectivity index (χ3n) is 6.96. The van der Waals surface area contributed by atoms with E-state index in [0.29, 0.717) is 17.7 Å². The van der Waals surface area contributed by atoms with E-state index in [9.17, 15) is 19.1 Å². The lowest BCUT2D eigenvalue weighted by Crippen LogP contribution is -2.44. The van der Waals surface area contributed by atoms with Gasteiger partial charge in [0.2, 0.25) is 5.91 Å². The molecule has 5 rings (SSSR count). The van der Waals surface area contributed by atoms with Crippen LogP contribution in [0.4, 0.5) is 4.39 Å². The molecule has 1 aromatic carbocycles. The number of rotatable bonds is 3. The van der Waals surface area contributed by atoms with Crippen molar-refractivity contribution >= 4 is 5.91 Å². The summed E-state index contributed by atoms with van der Waals surface area (Å²) in [5.41, 5.74) is 1.83. The van der Waals surface area contributed by atoms with Crippen molar-refractivity contribution in [1.29, 1.82) is 0 Å². The molecule has 0 radical (unpaired) electrons. The number of hydrogen-bond donors (Lipinski definition) is 2. The molecule has 3 aliphatic heterocycles. The Labute approximate surface area is 174 Å². The minimum atomic E-state index is -0.372. The molecule has 30 heavy (non-hydrogen) atoms. The van der Waals surface area contributed by atoms with Crippen molar-refractivity contribution in [2.75, 3.05) is 19.7 Å². The number of halogens is 1. The van der Waals surface area contributed by atoms with E-state index in [0.717, 1.165) is 38.0 Å². The van der Waals surface area contributed by atoms with Crippen molar-refractivity contribution in [3.63, 3.8) is 0 Å². The van der Waals surface area contributed by atoms with E-state index >= 15 is 0 Å². The molecule has 4 heterocycles. The number of fused-ring (bicyclic) bond motifs is 4. The van der Waals surface area contributed by atoms with Gasteiger partial charge in [-0.3, -0.25) is 9.59 Å². The summed E-state index contributed by atoms with van der Waals surface area (Å²) >= 11 is 0. The lowest BCUT2D eigenvalue weighted by molar-refractivity contribution is -0.138. The van der Waals surface area contributed by atoms with Crippen LogP contribution in [0.15, 0.2) is 41.2 Å². The minimum Gasteiger partial charge on any atom is -0.396 e. The predicted octanol–water partition coefficient (Wildman–Crippen LogP) is 1.92. The van der Waals surface area contributed by atoms with Gasteiger partial charge in [-0.1, -0.05) is 12.1 Å². The average Bonchev–Trinajstić information content (AvgIpc) is 3.07. The van der Waals surface area contributed by atoms with Gasteiger partial charge in [0.05, 0.1) is 12.0 Å². The maximum Gasteiger partial charge on any atom is 0.258 e. The van der Waals surface area contributed by atoms with Crippen LogP contribution in [-0.2, 0) is 11.3 Å². The monoisotopic (exact) mass is 411 g/mol. The zero-order valence-corrected chi connectivity index (χ0v) is 16.8. The first kappa shape index (κ1) is 19.5. The molecule has 2 saturated heterocycles. The van der Waals surface area contributed by atoms with E-state index in [1.165, 1.54) is 12.1 Å². The first-order valence-corrected chi connectivity index (χ1v) is 10.7. The van der Waals surface area contributed by atoms with Crippen molar-refractivity contribution in [3.8, 4) is 11.1 Å². The van der Waals surface area contributed by atoms with Crippen LogP contribution in [0.2, 0.25) is 0 Å². The fourth-order valence-electron chi connectivity index (χ4n) is 5.40. The summed E-state index contributed by atoms with van der Waals surface area (Å²) in [5, 5.41) is 13.6. The Morgan fingerprint density at radius 2 is 1.83 bits per heavy atom. The second-order valence-corrected chi connectivity index (χ2v) is 8.60. The largest absolute Gasteiger partial charge is 0.396 e. The number of nitrogens with one attached hydrogen (secondary N) is 1. The van der Waals surface area contributed by atoms with Gasteiger partial charge in [-0.05, 0) is 49.1 Å². The van der Waals surface area contributed by atoms with E-state index < -0.39 is 0 Å². The minimum absolute atomic E-state index is 0.0808. The zero-order valence-electron chi connectivity index (χ0n) is 16.8. The molecule has 7 heteroatoms. The first-order valence-electron chi connectivity index (χ1n) is 10.7. The summed E-state index contributed by atoms with van der Waals surface area (Å²) in [6.07, 6.45) is 3.17. The molecular weight excluding hydrogens is 385 g/mol. The first-order chi connectivity index (χ1) is 14.6. The number of pyridine rings is 1. The topological polar surface area (TPSA) is 74.6 Å². The SMILES string of the molecule is O=C([C@H]1[C@H](CO)[C@H]2Cn3c(ccc(-c4ccc(F)cc4)c3=O)[C@@H]1N2)N1CCCCC1. The number of carbonyl (C=O) groups excluding carboxylic acids is 1. The smallest absolute Gasteiger partial charge is 0.258 e. The van der Waals surface area contributed by atoms with Gasteiger partial charge >= 0.3 is 0 Å². The van der Waals surface area contributed by atoms with E-state index in [2.05, 4.69) is 5.32 Å². The molecule has 0 aliphatic carbocycles. The molecule has 1 aromatic heterocycles. The van der Waals surface area contributed by atoms with Crippen LogP contribution < -0.4 is 10.9 Å². The number of likely N-dealkylation sites (tertiary alicyclic amines) is 1. The van der Waals surface area contributed by atoms with Gasteiger partial charge in [0.1, 0.15) is 5.82 Å². The highest BCUT2D eigenvalue weighted by molar-refractivity contribution is 5.81. The van der Waals surface area contributed by atoms with Crippen molar-refractivity contribution in [1.82, 2.24) is 14.8 Å². The fraction of sp³-hybridized carbons (Fsp3) is 0.478. The molecule has 2 bridgehead atoms. The quantitative estimate of drug-likeness (QED) is 0.809. The number of carbonyl (C=O) groups is 1. The third kappa shape index (κ3) is 3.08. The Balaban J connectivity index is 1.53. The molecule has 6 nitrogen and oxygen atoms in total. The van der Waals surface area contributed by atoms with Gasteiger partial charge in [0, 0.05) is 49.5 Å². The Morgan fingerprint density at radius 3 is 2.53 bits per heavy atom.